The molecule has 0 atom stereocenters. The SMILES string of the molecule is O=C(NCCC1=CCCCC1)N1CCC(n2cncn2)CC1. The van der Waals surface area contributed by atoms with Gasteiger partial charge in [0.15, 0.2) is 0 Å². The molecule has 2 aliphatic rings. The van der Waals surface area contributed by atoms with Crippen molar-refractivity contribution in [2.24, 2.45) is 0 Å². The molecule has 1 aromatic rings. The normalized spacial score (nSPS) is 19.8. The highest BCUT2D eigenvalue weighted by Gasteiger charge is 2.23. The molecule has 1 aliphatic carbocycles. The number of nitrogens with zero attached hydrogens (tertiary/aromatic N) is 4. The fourth-order valence-electron chi connectivity index (χ4n) is 3.31. The van der Waals surface area contributed by atoms with Crippen molar-refractivity contribution in [1.29, 1.82) is 0 Å². The van der Waals surface area contributed by atoms with E-state index < -0.39 is 0 Å². The fraction of sp³-hybridized carbons (Fsp3) is 0.688. The molecular weight excluding hydrogens is 278 g/mol. The molecule has 22 heavy (non-hydrogen) atoms. The van der Waals surface area contributed by atoms with E-state index in [1.165, 1.54) is 31.3 Å². The lowest BCUT2D eigenvalue weighted by Gasteiger charge is -2.31. The van der Waals surface area contributed by atoms with Gasteiger partial charge in [-0.25, -0.2) is 14.5 Å². The molecule has 0 spiro atoms. The minimum atomic E-state index is 0.0773. The summed E-state index contributed by atoms with van der Waals surface area (Å²) in [4.78, 5) is 18.1. The number of hydrogen-bond donors (Lipinski definition) is 1. The molecule has 6 nitrogen and oxygen atoms in total. The zero-order valence-electron chi connectivity index (χ0n) is 13.1. The van der Waals surface area contributed by atoms with Gasteiger partial charge in [-0.1, -0.05) is 11.6 Å². The summed E-state index contributed by atoms with van der Waals surface area (Å²) < 4.78 is 1.91. The maximum absolute atomic E-state index is 12.2. The van der Waals surface area contributed by atoms with Crippen molar-refractivity contribution in [1.82, 2.24) is 25.0 Å². The number of urea groups is 1. The largest absolute Gasteiger partial charge is 0.338 e. The molecule has 1 fully saturated rings. The van der Waals surface area contributed by atoms with E-state index in [9.17, 15) is 4.79 Å². The van der Waals surface area contributed by atoms with Crippen molar-refractivity contribution in [2.75, 3.05) is 19.6 Å². The predicted octanol–water partition coefficient (Wildman–Crippen LogP) is 2.52. The summed E-state index contributed by atoms with van der Waals surface area (Å²) in [6.07, 6.45) is 13.6. The highest BCUT2D eigenvalue weighted by atomic mass is 16.2. The van der Waals surface area contributed by atoms with Crippen LogP contribution < -0.4 is 5.32 Å². The topological polar surface area (TPSA) is 63.1 Å². The van der Waals surface area contributed by atoms with Crippen LogP contribution in [0.4, 0.5) is 4.79 Å². The number of allylic oxidation sites excluding steroid dienone is 1. The van der Waals surface area contributed by atoms with Crippen LogP contribution in [0, 0.1) is 0 Å². The van der Waals surface area contributed by atoms with Crippen LogP contribution in [0.5, 0.6) is 0 Å². The summed E-state index contributed by atoms with van der Waals surface area (Å²) in [5, 5.41) is 7.25. The Balaban J connectivity index is 1.37. The molecule has 2 heterocycles. The molecule has 1 saturated heterocycles. The van der Waals surface area contributed by atoms with Crippen molar-refractivity contribution in [3.63, 3.8) is 0 Å². The van der Waals surface area contributed by atoms with Crippen LogP contribution in [0.2, 0.25) is 0 Å². The lowest BCUT2D eigenvalue weighted by molar-refractivity contribution is 0.168. The van der Waals surface area contributed by atoms with E-state index in [4.69, 9.17) is 0 Å². The van der Waals surface area contributed by atoms with Gasteiger partial charge in [0.25, 0.3) is 0 Å². The Hall–Kier alpha value is -1.85. The van der Waals surface area contributed by atoms with E-state index >= 15 is 0 Å². The fourth-order valence-corrected chi connectivity index (χ4v) is 3.31. The molecule has 0 bridgehead atoms. The molecule has 1 aliphatic heterocycles. The molecule has 0 saturated carbocycles. The van der Waals surface area contributed by atoms with Crippen LogP contribution in [-0.2, 0) is 0 Å². The molecule has 2 amide bonds. The molecule has 0 aromatic carbocycles. The number of likely N-dealkylation sites (tertiary alicyclic amines) is 1. The van der Waals surface area contributed by atoms with Crippen LogP contribution in [0.15, 0.2) is 24.3 Å². The second-order valence-electron chi connectivity index (χ2n) is 6.18. The summed E-state index contributed by atoms with van der Waals surface area (Å²) in [6, 6.07) is 0.451. The Morgan fingerprint density at radius 1 is 1.32 bits per heavy atom. The van der Waals surface area contributed by atoms with Crippen LogP contribution in [-0.4, -0.2) is 45.3 Å². The Kier molecular flexibility index (Phi) is 5.08. The highest BCUT2D eigenvalue weighted by Crippen LogP contribution is 2.21. The Morgan fingerprint density at radius 2 is 2.18 bits per heavy atom. The summed E-state index contributed by atoms with van der Waals surface area (Å²) in [7, 11) is 0. The smallest absolute Gasteiger partial charge is 0.317 e. The van der Waals surface area contributed by atoms with E-state index in [-0.39, 0.29) is 6.03 Å². The van der Waals surface area contributed by atoms with Crippen LogP contribution in [0.3, 0.4) is 0 Å². The van der Waals surface area contributed by atoms with E-state index in [1.807, 2.05) is 9.58 Å². The number of hydrogen-bond acceptors (Lipinski definition) is 3. The number of carbonyl (C=O) groups excluding carboxylic acids is 1. The summed E-state index contributed by atoms with van der Waals surface area (Å²) >= 11 is 0. The summed E-state index contributed by atoms with van der Waals surface area (Å²) in [5.41, 5.74) is 1.51. The first-order valence-corrected chi connectivity index (χ1v) is 8.38. The van der Waals surface area contributed by atoms with Crippen molar-refractivity contribution < 1.29 is 4.79 Å². The Morgan fingerprint density at radius 3 is 2.86 bits per heavy atom. The van der Waals surface area contributed by atoms with Crippen LogP contribution in [0.25, 0.3) is 0 Å². The van der Waals surface area contributed by atoms with Gasteiger partial charge >= 0.3 is 6.03 Å². The van der Waals surface area contributed by atoms with Gasteiger partial charge in [-0.05, 0) is 44.9 Å². The quantitative estimate of drug-likeness (QED) is 0.869. The minimum Gasteiger partial charge on any atom is -0.338 e. The Labute approximate surface area is 131 Å². The van der Waals surface area contributed by atoms with Gasteiger partial charge in [0.1, 0.15) is 12.7 Å². The third kappa shape index (κ3) is 3.87. The maximum Gasteiger partial charge on any atom is 0.317 e. The summed E-state index contributed by atoms with van der Waals surface area (Å²) in [5.74, 6) is 0. The van der Waals surface area contributed by atoms with E-state index in [0.29, 0.717) is 6.04 Å². The molecule has 120 valence electrons. The van der Waals surface area contributed by atoms with Crippen molar-refractivity contribution in [2.45, 2.75) is 51.0 Å². The second-order valence-corrected chi connectivity index (χ2v) is 6.18. The van der Waals surface area contributed by atoms with E-state index in [1.54, 1.807) is 12.7 Å². The van der Waals surface area contributed by atoms with E-state index in [0.717, 1.165) is 38.9 Å². The van der Waals surface area contributed by atoms with Gasteiger partial charge in [0.05, 0.1) is 6.04 Å². The van der Waals surface area contributed by atoms with Crippen LogP contribution >= 0.6 is 0 Å². The third-order valence-corrected chi connectivity index (χ3v) is 4.67. The zero-order chi connectivity index (χ0) is 15.2. The molecule has 1 aromatic heterocycles. The first-order chi connectivity index (χ1) is 10.8. The number of carbonyl (C=O) groups is 1. The first-order valence-electron chi connectivity index (χ1n) is 8.38. The second kappa shape index (κ2) is 7.42. The van der Waals surface area contributed by atoms with Crippen LogP contribution in [0.1, 0.15) is 51.0 Å². The van der Waals surface area contributed by atoms with Crippen molar-refractivity contribution >= 4 is 6.03 Å². The van der Waals surface area contributed by atoms with Gasteiger partial charge in [-0.2, -0.15) is 5.10 Å². The number of aromatic nitrogens is 3. The van der Waals surface area contributed by atoms with Crippen molar-refractivity contribution in [3.05, 3.63) is 24.3 Å². The summed E-state index contributed by atoms with van der Waals surface area (Å²) in [6.45, 7) is 2.34. The molecule has 3 rings (SSSR count). The number of amides is 2. The lowest BCUT2D eigenvalue weighted by atomic mass is 9.97. The molecule has 6 heteroatoms. The number of nitrogens with one attached hydrogen (secondary N) is 1. The highest BCUT2D eigenvalue weighted by molar-refractivity contribution is 5.74. The average molecular weight is 303 g/mol. The zero-order valence-corrected chi connectivity index (χ0v) is 13.1. The average Bonchev–Trinajstić information content (AvgIpc) is 3.10. The standard InChI is InChI=1S/C16H25N5O/c22-16(18-9-6-14-4-2-1-3-5-14)20-10-7-15(8-11-20)21-13-17-12-19-21/h4,12-13,15H,1-3,5-11H2,(H,18,22). The minimum absolute atomic E-state index is 0.0773. The van der Waals surface area contributed by atoms with Gasteiger partial charge in [0, 0.05) is 19.6 Å². The van der Waals surface area contributed by atoms with Gasteiger partial charge in [0.2, 0.25) is 0 Å². The molecule has 0 unspecified atom stereocenters. The number of piperidine rings is 1. The van der Waals surface area contributed by atoms with Crippen molar-refractivity contribution in [3.8, 4) is 0 Å². The predicted molar refractivity (Wildman–Crippen MR) is 84.4 cm³/mol. The Bertz CT molecular complexity index is 503. The molecule has 0 radical (unpaired) electrons. The monoisotopic (exact) mass is 303 g/mol. The van der Waals surface area contributed by atoms with E-state index in [2.05, 4.69) is 21.5 Å². The maximum atomic E-state index is 12.2. The third-order valence-electron chi connectivity index (χ3n) is 4.67. The molecular formula is C16H25N5O. The lowest BCUT2D eigenvalue weighted by Crippen LogP contribution is -2.45. The molecule has 1 N–H and O–H groups in total. The number of rotatable bonds is 4. The van der Waals surface area contributed by atoms with Gasteiger partial charge in [-0.15, -0.1) is 0 Å². The van der Waals surface area contributed by atoms with Gasteiger partial charge in [-0.3, -0.25) is 0 Å². The first kappa shape index (κ1) is 15.1. The van der Waals surface area contributed by atoms with Gasteiger partial charge < -0.3 is 10.2 Å².